The quantitative estimate of drug-likeness (QED) is 0.808. The number of ether oxygens (including phenoxy) is 1. The van der Waals surface area contributed by atoms with Gasteiger partial charge < -0.3 is 10.1 Å². The Kier molecular flexibility index (Phi) is 5.86. The van der Waals surface area contributed by atoms with Gasteiger partial charge in [0.15, 0.2) is 0 Å². The molecule has 1 saturated heterocycles. The highest BCUT2D eigenvalue weighted by atomic mass is 79.9. The second-order valence-electron chi connectivity index (χ2n) is 4.25. The minimum atomic E-state index is 0.641. The van der Waals surface area contributed by atoms with E-state index in [9.17, 15) is 0 Å². The monoisotopic (exact) mass is 393 g/mol. The lowest BCUT2D eigenvalue weighted by atomic mass is 10.1. The SMILES string of the molecule is CCOc1c(Br)cc(Br)cc1CNC1CCSC1. The zero-order valence-electron chi connectivity index (χ0n) is 10.3. The Morgan fingerprint density at radius 3 is 2.94 bits per heavy atom. The third-order valence-electron chi connectivity index (χ3n) is 2.88. The van der Waals surface area contributed by atoms with Crippen LogP contribution in [0.25, 0.3) is 0 Å². The second kappa shape index (κ2) is 7.17. The van der Waals surface area contributed by atoms with Crippen LogP contribution in [0.3, 0.4) is 0 Å². The smallest absolute Gasteiger partial charge is 0.138 e. The molecule has 1 aromatic rings. The average Bonchev–Trinajstić information content (AvgIpc) is 2.83. The summed E-state index contributed by atoms with van der Waals surface area (Å²) in [6.07, 6.45) is 1.27. The van der Waals surface area contributed by atoms with Gasteiger partial charge in [-0.25, -0.2) is 0 Å². The zero-order valence-corrected chi connectivity index (χ0v) is 14.3. The summed E-state index contributed by atoms with van der Waals surface area (Å²) in [4.78, 5) is 0. The van der Waals surface area contributed by atoms with Crippen molar-refractivity contribution in [3.8, 4) is 5.75 Å². The zero-order chi connectivity index (χ0) is 13.0. The maximum atomic E-state index is 5.73. The van der Waals surface area contributed by atoms with Crippen molar-refractivity contribution in [2.75, 3.05) is 18.1 Å². The van der Waals surface area contributed by atoms with Crippen LogP contribution >= 0.6 is 43.6 Å². The Balaban J connectivity index is 2.08. The number of rotatable bonds is 5. The largest absolute Gasteiger partial charge is 0.492 e. The molecule has 2 rings (SSSR count). The van der Waals surface area contributed by atoms with Crippen LogP contribution in [0.4, 0.5) is 0 Å². The van der Waals surface area contributed by atoms with Gasteiger partial charge in [0.05, 0.1) is 11.1 Å². The highest BCUT2D eigenvalue weighted by Gasteiger charge is 2.16. The first-order chi connectivity index (χ1) is 8.70. The molecule has 1 aromatic carbocycles. The highest BCUT2D eigenvalue weighted by molar-refractivity contribution is 9.11. The van der Waals surface area contributed by atoms with E-state index in [2.05, 4.69) is 43.2 Å². The van der Waals surface area contributed by atoms with Crippen molar-refractivity contribution in [1.82, 2.24) is 5.32 Å². The fraction of sp³-hybridized carbons (Fsp3) is 0.538. The molecule has 2 nitrogen and oxygen atoms in total. The van der Waals surface area contributed by atoms with Crippen molar-refractivity contribution in [3.63, 3.8) is 0 Å². The summed E-state index contributed by atoms with van der Waals surface area (Å²) in [6.45, 7) is 3.56. The van der Waals surface area contributed by atoms with Crippen LogP contribution in [0.5, 0.6) is 5.75 Å². The van der Waals surface area contributed by atoms with E-state index in [4.69, 9.17) is 4.74 Å². The lowest BCUT2D eigenvalue weighted by Crippen LogP contribution is -2.28. The predicted molar refractivity (Wildman–Crippen MR) is 85.6 cm³/mol. The number of nitrogens with one attached hydrogen (secondary N) is 1. The van der Waals surface area contributed by atoms with Crippen molar-refractivity contribution >= 4 is 43.6 Å². The summed E-state index contributed by atoms with van der Waals surface area (Å²) in [5, 5.41) is 3.61. The van der Waals surface area contributed by atoms with E-state index in [1.165, 1.54) is 23.5 Å². The number of benzene rings is 1. The average molecular weight is 395 g/mol. The molecule has 0 amide bonds. The normalized spacial score (nSPS) is 19.2. The third kappa shape index (κ3) is 3.89. The van der Waals surface area contributed by atoms with Crippen LogP contribution < -0.4 is 10.1 Å². The lowest BCUT2D eigenvalue weighted by Gasteiger charge is -2.16. The van der Waals surface area contributed by atoms with Gasteiger partial charge >= 0.3 is 0 Å². The Labute approximate surface area is 130 Å². The molecule has 1 N–H and O–H groups in total. The van der Waals surface area contributed by atoms with Crippen molar-refractivity contribution in [1.29, 1.82) is 0 Å². The molecule has 0 bridgehead atoms. The summed E-state index contributed by atoms with van der Waals surface area (Å²) >= 11 is 9.13. The second-order valence-corrected chi connectivity index (χ2v) is 7.17. The maximum absolute atomic E-state index is 5.73. The third-order valence-corrected chi connectivity index (χ3v) is 5.09. The summed E-state index contributed by atoms with van der Waals surface area (Å²) in [6, 6.07) is 4.80. The van der Waals surface area contributed by atoms with E-state index >= 15 is 0 Å². The molecule has 100 valence electrons. The fourth-order valence-electron chi connectivity index (χ4n) is 2.00. The van der Waals surface area contributed by atoms with Gasteiger partial charge in [0.1, 0.15) is 5.75 Å². The molecular formula is C13H17Br2NOS. The van der Waals surface area contributed by atoms with Crippen molar-refractivity contribution in [2.24, 2.45) is 0 Å². The van der Waals surface area contributed by atoms with Crippen LogP contribution in [0, 0.1) is 0 Å². The molecule has 1 atom stereocenters. The molecule has 0 aliphatic carbocycles. The molecule has 1 unspecified atom stereocenters. The van der Waals surface area contributed by atoms with Crippen LogP contribution in [0.2, 0.25) is 0 Å². The molecular weight excluding hydrogens is 378 g/mol. The van der Waals surface area contributed by atoms with Gasteiger partial charge in [0.25, 0.3) is 0 Å². The van der Waals surface area contributed by atoms with E-state index in [0.717, 1.165) is 21.2 Å². The molecule has 0 spiro atoms. The Morgan fingerprint density at radius 2 is 2.28 bits per heavy atom. The molecule has 0 aromatic heterocycles. The van der Waals surface area contributed by atoms with E-state index in [1.54, 1.807) is 0 Å². The Morgan fingerprint density at radius 1 is 1.44 bits per heavy atom. The highest BCUT2D eigenvalue weighted by Crippen LogP contribution is 2.33. The number of halogens is 2. The van der Waals surface area contributed by atoms with Gasteiger partial charge in [-0.3, -0.25) is 0 Å². The van der Waals surface area contributed by atoms with Gasteiger partial charge in [0, 0.05) is 28.4 Å². The molecule has 5 heteroatoms. The predicted octanol–water partition coefficient (Wildman–Crippen LogP) is 4.21. The van der Waals surface area contributed by atoms with Crippen LogP contribution in [-0.4, -0.2) is 24.2 Å². The van der Waals surface area contributed by atoms with Crippen molar-refractivity contribution < 1.29 is 4.74 Å². The summed E-state index contributed by atoms with van der Waals surface area (Å²) < 4.78 is 7.81. The number of hydrogen-bond acceptors (Lipinski definition) is 3. The minimum Gasteiger partial charge on any atom is -0.492 e. The van der Waals surface area contributed by atoms with E-state index in [-0.39, 0.29) is 0 Å². The standard InChI is InChI=1S/C13H17Br2NOS/c1-2-17-13-9(5-10(14)6-12(13)15)7-16-11-3-4-18-8-11/h5-6,11,16H,2-4,7-8H2,1H3. The molecule has 1 aliphatic heterocycles. The van der Waals surface area contributed by atoms with Crippen molar-refractivity contribution in [2.45, 2.75) is 25.9 Å². The molecule has 0 radical (unpaired) electrons. The first-order valence-electron chi connectivity index (χ1n) is 6.12. The Hall–Kier alpha value is 0.290. The van der Waals surface area contributed by atoms with Crippen LogP contribution in [0.1, 0.15) is 18.9 Å². The van der Waals surface area contributed by atoms with Gasteiger partial charge in [-0.15, -0.1) is 0 Å². The van der Waals surface area contributed by atoms with Gasteiger partial charge in [-0.2, -0.15) is 11.8 Å². The summed E-state index contributed by atoms with van der Waals surface area (Å²) in [5.74, 6) is 3.45. The summed E-state index contributed by atoms with van der Waals surface area (Å²) in [5.41, 5.74) is 1.20. The minimum absolute atomic E-state index is 0.641. The fourth-order valence-corrected chi connectivity index (χ4v) is 4.62. The van der Waals surface area contributed by atoms with E-state index < -0.39 is 0 Å². The van der Waals surface area contributed by atoms with Crippen LogP contribution in [-0.2, 0) is 6.54 Å². The molecule has 18 heavy (non-hydrogen) atoms. The van der Waals surface area contributed by atoms with E-state index in [0.29, 0.717) is 12.6 Å². The van der Waals surface area contributed by atoms with Crippen molar-refractivity contribution in [3.05, 3.63) is 26.6 Å². The van der Waals surface area contributed by atoms with E-state index in [1.807, 2.05) is 24.8 Å². The van der Waals surface area contributed by atoms with Gasteiger partial charge in [-0.05, 0) is 47.2 Å². The molecule has 0 saturated carbocycles. The molecule has 1 fully saturated rings. The first kappa shape index (κ1) is 14.7. The maximum Gasteiger partial charge on any atom is 0.138 e. The molecule has 1 heterocycles. The lowest BCUT2D eigenvalue weighted by molar-refractivity contribution is 0.332. The molecule has 1 aliphatic rings. The summed E-state index contributed by atoms with van der Waals surface area (Å²) in [7, 11) is 0. The first-order valence-corrected chi connectivity index (χ1v) is 8.86. The van der Waals surface area contributed by atoms with Gasteiger partial charge in [-0.1, -0.05) is 15.9 Å². The number of thioether (sulfide) groups is 1. The number of hydrogen-bond donors (Lipinski definition) is 1. The van der Waals surface area contributed by atoms with Gasteiger partial charge in [0.2, 0.25) is 0 Å². The Bertz CT molecular complexity index is 408. The van der Waals surface area contributed by atoms with Crippen LogP contribution in [0.15, 0.2) is 21.1 Å². The topological polar surface area (TPSA) is 21.3 Å².